The van der Waals surface area contributed by atoms with E-state index in [0.29, 0.717) is 0 Å². The molecule has 11 aromatic rings. The SMILES string of the molecule is CC1(C)c2ccccc2-c2ccc(N(c3ccc4c(c3)C3(c5ccccc5-c5ccccc53)c3ccccc3-4)c3cccc4c3-c3cc5ccccc5cc3-c3ccc(-c5ccccc5)cc3O4)cc21. The van der Waals surface area contributed by atoms with E-state index in [1.165, 1.54) is 77.5 Å². The number of anilines is 3. The fourth-order valence-corrected chi connectivity index (χ4v) is 13.0. The number of rotatable bonds is 4. The Morgan fingerprint density at radius 3 is 1.46 bits per heavy atom. The summed E-state index contributed by atoms with van der Waals surface area (Å²) in [5, 5.41) is 2.38. The van der Waals surface area contributed by atoms with E-state index >= 15 is 0 Å². The van der Waals surface area contributed by atoms with Crippen LogP contribution in [0.25, 0.3) is 77.5 Å². The van der Waals surface area contributed by atoms with Gasteiger partial charge in [-0.25, -0.2) is 0 Å². The Bertz CT molecular complexity index is 3960. The summed E-state index contributed by atoms with van der Waals surface area (Å²) < 4.78 is 7.33. The van der Waals surface area contributed by atoms with Gasteiger partial charge in [-0.3, -0.25) is 0 Å². The molecule has 0 saturated carbocycles. The van der Waals surface area contributed by atoms with Gasteiger partial charge in [-0.05, 0) is 160 Å². The van der Waals surface area contributed by atoms with Crippen molar-refractivity contribution in [2.45, 2.75) is 24.7 Å². The summed E-state index contributed by atoms with van der Waals surface area (Å²) in [5.74, 6) is 1.66. The van der Waals surface area contributed by atoms with Gasteiger partial charge < -0.3 is 9.64 Å². The second-order valence-corrected chi connectivity index (χ2v) is 19.9. The van der Waals surface area contributed by atoms with Crippen molar-refractivity contribution < 1.29 is 4.74 Å². The highest BCUT2D eigenvalue weighted by atomic mass is 16.5. The Morgan fingerprint density at radius 2 is 0.814 bits per heavy atom. The Kier molecular flexibility index (Phi) is 8.08. The van der Waals surface area contributed by atoms with Crippen LogP contribution in [0.4, 0.5) is 17.1 Å². The minimum atomic E-state index is -0.497. The Hall–Kier alpha value is -8.72. The second-order valence-electron chi connectivity index (χ2n) is 19.9. The molecule has 0 radical (unpaired) electrons. The molecule has 15 rings (SSSR count). The second kappa shape index (κ2) is 14.4. The summed E-state index contributed by atoms with van der Waals surface area (Å²) in [5.41, 5.74) is 25.0. The molecule has 70 heavy (non-hydrogen) atoms. The number of benzene rings is 11. The van der Waals surface area contributed by atoms with Crippen molar-refractivity contribution in [2.75, 3.05) is 4.90 Å². The van der Waals surface area contributed by atoms with Gasteiger partial charge in [0.25, 0.3) is 0 Å². The highest BCUT2D eigenvalue weighted by Crippen LogP contribution is 2.64. The molecule has 2 nitrogen and oxygen atoms in total. The third kappa shape index (κ3) is 5.28. The van der Waals surface area contributed by atoms with Gasteiger partial charge in [0, 0.05) is 27.9 Å². The van der Waals surface area contributed by atoms with Gasteiger partial charge in [-0.2, -0.15) is 0 Å². The quantitative estimate of drug-likeness (QED) is 0.175. The van der Waals surface area contributed by atoms with E-state index in [9.17, 15) is 0 Å². The van der Waals surface area contributed by atoms with Crippen molar-refractivity contribution in [2.24, 2.45) is 0 Å². The van der Waals surface area contributed by atoms with Gasteiger partial charge in [0.15, 0.2) is 0 Å². The van der Waals surface area contributed by atoms with Crippen LogP contribution in [0.1, 0.15) is 47.2 Å². The van der Waals surface area contributed by atoms with Gasteiger partial charge in [0.1, 0.15) is 11.5 Å². The largest absolute Gasteiger partial charge is 0.456 e. The smallest absolute Gasteiger partial charge is 0.137 e. The van der Waals surface area contributed by atoms with Crippen LogP contribution in [0, 0.1) is 0 Å². The van der Waals surface area contributed by atoms with E-state index in [-0.39, 0.29) is 5.41 Å². The van der Waals surface area contributed by atoms with Crippen LogP contribution in [0.2, 0.25) is 0 Å². The molecule has 0 fully saturated rings. The topological polar surface area (TPSA) is 12.5 Å². The van der Waals surface area contributed by atoms with E-state index in [1.807, 2.05) is 0 Å². The molecular weight excluding hydrogens is 847 g/mol. The Balaban J connectivity index is 1.02. The highest BCUT2D eigenvalue weighted by Gasteiger charge is 2.52. The lowest BCUT2D eigenvalue weighted by Crippen LogP contribution is -2.26. The van der Waals surface area contributed by atoms with Crippen molar-refractivity contribution in [3.8, 4) is 78.3 Å². The summed E-state index contributed by atoms with van der Waals surface area (Å²) in [6, 6.07) is 88.1. The van der Waals surface area contributed by atoms with Crippen LogP contribution in [-0.4, -0.2) is 0 Å². The average Bonchev–Trinajstić information content (AvgIpc) is 3.92. The van der Waals surface area contributed by atoms with E-state index in [4.69, 9.17) is 4.74 Å². The van der Waals surface area contributed by atoms with Crippen LogP contribution < -0.4 is 9.64 Å². The molecule has 2 heteroatoms. The summed E-state index contributed by atoms with van der Waals surface area (Å²) in [7, 11) is 0. The van der Waals surface area contributed by atoms with Crippen LogP contribution in [0.3, 0.4) is 0 Å². The van der Waals surface area contributed by atoms with E-state index in [2.05, 4.69) is 255 Å². The Morgan fingerprint density at radius 1 is 0.314 bits per heavy atom. The zero-order valence-electron chi connectivity index (χ0n) is 38.9. The minimum absolute atomic E-state index is 0.200. The fourth-order valence-electron chi connectivity index (χ4n) is 13.0. The molecule has 1 spiro atoms. The molecule has 328 valence electrons. The first kappa shape index (κ1) is 39.3. The lowest BCUT2D eigenvalue weighted by molar-refractivity contribution is 0.488. The molecule has 0 bridgehead atoms. The number of nitrogens with zero attached hydrogens (tertiary/aromatic N) is 1. The number of ether oxygens (including phenoxy) is 1. The third-order valence-electron chi connectivity index (χ3n) is 16.1. The fraction of sp³-hybridized carbons (Fsp3) is 0.0588. The first-order chi connectivity index (χ1) is 34.5. The summed E-state index contributed by atoms with van der Waals surface area (Å²) in [6.45, 7) is 4.75. The van der Waals surface area contributed by atoms with Crippen LogP contribution >= 0.6 is 0 Å². The van der Waals surface area contributed by atoms with E-state index < -0.39 is 5.41 Å². The molecule has 0 aromatic heterocycles. The maximum absolute atomic E-state index is 7.33. The molecule has 0 amide bonds. The third-order valence-corrected chi connectivity index (χ3v) is 16.1. The van der Waals surface area contributed by atoms with E-state index in [1.54, 1.807) is 0 Å². The molecule has 3 aliphatic carbocycles. The first-order valence-electron chi connectivity index (χ1n) is 24.5. The molecule has 4 aliphatic rings. The van der Waals surface area contributed by atoms with Crippen LogP contribution in [0.5, 0.6) is 11.5 Å². The van der Waals surface area contributed by atoms with Gasteiger partial charge in [0.05, 0.1) is 11.1 Å². The summed E-state index contributed by atoms with van der Waals surface area (Å²) >= 11 is 0. The molecular formula is C68H45NO. The maximum Gasteiger partial charge on any atom is 0.137 e. The zero-order chi connectivity index (χ0) is 46.3. The number of fused-ring (bicyclic) bond motifs is 19. The van der Waals surface area contributed by atoms with Crippen LogP contribution in [-0.2, 0) is 10.8 Å². The number of hydrogen-bond acceptors (Lipinski definition) is 2. The van der Waals surface area contributed by atoms with Gasteiger partial charge in [0.2, 0.25) is 0 Å². The minimum Gasteiger partial charge on any atom is -0.456 e. The first-order valence-corrected chi connectivity index (χ1v) is 24.5. The lowest BCUT2D eigenvalue weighted by Gasteiger charge is -2.33. The summed E-state index contributed by atoms with van der Waals surface area (Å²) in [4.78, 5) is 2.52. The van der Waals surface area contributed by atoms with Gasteiger partial charge in [-0.1, -0.05) is 190 Å². The summed E-state index contributed by atoms with van der Waals surface area (Å²) in [6.07, 6.45) is 0. The maximum atomic E-state index is 7.33. The van der Waals surface area contributed by atoms with Crippen LogP contribution in [0.15, 0.2) is 237 Å². The molecule has 0 N–H and O–H groups in total. The number of hydrogen-bond donors (Lipinski definition) is 0. The van der Waals surface area contributed by atoms with Crippen molar-refractivity contribution >= 4 is 27.8 Å². The van der Waals surface area contributed by atoms with Crippen molar-refractivity contribution in [1.82, 2.24) is 0 Å². The molecule has 0 saturated heterocycles. The molecule has 0 atom stereocenters. The van der Waals surface area contributed by atoms with Crippen molar-refractivity contribution in [3.63, 3.8) is 0 Å². The standard InChI is InChI=1S/C68H45NO/c1-67(2)57-25-12-8-21-48(57)52-35-32-46(40-61(52)67)69(47-33-36-53-51-24-11-15-28-60(51)68(62(53)41-47)58-26-13-9-22-49(58)50-23-10-14-27-59(50)68)63-29-16-30-64-66(63)56-38-44-20-7-6-19-43(44)37-55(56)54-34-31-45(39-65(54)70-64)42-17-4-3-5-18-42/h3-41H,1-2H3. The predicted molar refractivity (Wildman–Crippen MR) is 289 cm³/mol. The predicted octanol–water partition coefficient (Wildman–Crippen LogP) is 18.1. The van der Waals surface area contributed by atoms with Crippen molar-refractivity contribution in [1.29, 1.82) is 0 Å². The molecule has 1 heterocycles. The monoisotopic (exact) mass is 891 g/mol. The van der Waals surface area contributed by atoms with Crippen molar-refractivity contribution in [3.05, 3.63) is 270 Å². The van der Waals surface area contributed by atoms with Gasteiger partial charge >= 0.3 is 0 Å². The normalized spacial score (nSPS) is 14.2. The average molecular weight is 892 g/mol. The Labute approximate surface area is 408 Å². The zero-order valence-corrected chi connectivity index (χ0v) is 38.9. The molecule has 1 aliphatic heterocycles. The lowest BCUT2D eigenvalue weighted by atomic mass is 9.70. The molecule has 11 aromatic carbocycles. The van der Waals surface area contributed by atoms with Gasteiger partial charge in [-0.15, -0.1) is 0 Å². The molecule has 0 unspecified atom stereocenters. The van der Waals surface area contributed by atoms with E-state index in [0.717, 1.165) is 61.9 Å². The highest BCUT2D eigenvalue weighted by molar-refractivity contribution is 6.05.